The molecule has 0 bridgehead atoms. The minimum Gasteiger partial charge on any atom is -0.507 e. The van der Waals surface area contributed by atoms with E-state index in [1.165, 1.54) is 0 Å². The van der Waals surface area contributed by atoms with Crippen molar-refractivity contribution in [3.8, 4) is 17.1 Å². The van der Waals surface area contributed by atoms with Gasteiger partial charge in [-0.05, 0) is 31.5 Å². The second kappa shape index (κ2) is 4.31. The molecule has 2 heterocycles. The van der Waals surface area contributed by atoms with Gasteiger partial charge >= 0.3 is 0 Å². The maximum Gasteiger partial charge on any atom is 0.127 e. The number of aromatic nitrogens is 3. The van der Waals surface area contributed by atoms with Crippen LogP contribution in [0.1, 0.15) is 11.3 Å². The molecule has 2 aromatic heterocycles. The zero-order chi connectivity index (χ0) is 13.4. The third kappa shape index (κ3) is 2.12. The van der Waals surface area contributed by atoms with Crippen molar-refractivity contribution in [3.63, 3.8) is 0 Å². The fourth-order valence-electron chi connectivity index (χ4n) is 2.04. The van der Waals surface area contributed by atoms with Crippen molar-refractivity contribution in [1.82, 2.24) is 15.0 Å². The lowest BCUT2D eigenvalue weighted by Gasteiger charge is -2.06. The Labute approximate surface area is 110 Å². The second-order valence-corrected chi connectivity index (χ2v) is 4.59. The van der Waals surface area contributed by atoms with E-state index in [2.05, 4.69) is 15.0 Å². The van der Waals surface area contributed by atoms with Crippen LogP contribution >= 0.6 is 0 Å². The number of pyridine rings is 1. The third-order valence-electron chi connectivity index (χ3n) is 2.96. The molecule has 0 aliphatic carbocycles. The van der Waals surface area contributed by atoms with Crippen molar-refractivity contribution in [3.05, 3.63) is 47.9 Å². The van der Waals surface area contributed by atoms with E-state index in [1.54, 1.807) is 18.5 Å². The Morgan fingerprint density at radius 1 is 0.947 bits per heavy atom. The first-order valence-corrected chi connectivity index (χ1v) is 6.03. The molecule has 0 aliphatic heterocycles. The number of hydrogen-bond acceptors (Lipinski definition) is 4. The molecule has 0 atom stereocenters. The maximum atomic E-state index is 10.1. The van der Waals surface area contributed by atoms with Gasteiger partial charge in [-0.15, -0.1) is 0 Å². The zero-order valence-corrected chi connectivity index (χ0v) is 10.8. The zero-order valence-electron chi connectivity index (χ0n) is 10.8. The average Bonchev–Trinajstić information content (AvgIpc) is 2.38. The summed E-state index contributed by atoms with van der Waals surface area (Å²) < 4.78 is 0. The first-order valence-electron chi connectivity index (χ1n) is 6.03. The lowest BCUT2D eigenvalue weighted by molar-refractivity contribution is 0.481. The molecule has 0 saturated carbocycles. The molecule has 4 nitrogen and oxygen atoms in total. The van der Waals surface area contributed by atoms with Crippen molar-refractivity contribution in [1.29, 1.82) is 0 Å². The van der Waals surface area contributed by atoms with E-state index in [9.17, 15) is 5.11 Å². The number of rotatable bonds is 1. The van der Waals surface area contributed by atoms with Crippen LogP contribution in [0.5, 0.6) is 5.75 Å². The molecule has 0 aliphatic rings. The third-order valence-corrected chi connectivity index (χ3v) is 2.96. The Kier molecular flexibility index (Phi) is 2.63. The predicted molar refractivity (Wildman–Crippen MR) is 73.9 cm³/mol. The fourth-order valence-corrected chi connectivity index (χ4v) is 2.04. The quantitative estimate of drug-likeness (QED) is 0.722. The highest BCUT2D eigenvalue weighted by Crippen LogP contribution is 2.28. The van der Waals surface area contributed by atoms with E-state index >= 15 is 0 Å². The van der Waals surface area contributed by atoms with Gasteiger partial charge < -0.3 is 5.11 Å². The molecular formula is C15H13N3O. The highest BCUT2D eigenvalue weighted by molar-refractivity contribution is 5.87. The van der Waals surface area contributed by atoms with Crippen LogP contribution in [0.15, 0.2) is 36.7 Å². The van der Waals surface area contributed by atoms with Crippen molar-refractivity contribution in [2.75, 3.05) is 0 Å². The van der Waals surface area contributed by atoms with Gasteiger partial charge in [0.1, 0.15) is 11.4 Å². The van der Waals surface area contributed by atoms with E-state index in [0.717, 1.165) is 22.2 Å². The van der Waals surface area contributed by atoms with Crippen LogP contribution < -0.4 is 0 Å². The lowest BCUT2D eigenvalue weighted by Crippen LogP contribution is -1.92. The van der Waals surface area contributed by atoms with E-state index in [0.29, 0.717) is 11.4 Å². The number of benzene rings is 1. The molecule has 4 heteroatoms. The summed E-state index contributed by atoms with van der Waals surface area (Å²) >= 11 is 0. The predicted octanol–water partition coefficient (Wildman–Crippen LogP) is 3.01. The van der Waals surface area contributed by atoms with E-state index in [1.807, 2.05) is 32.0 Å². The maximum absolute atomic E-state index is 10.1. The Morgan fingerprint density at radius 2 is 1.79 bits per heavy atom. The second-order valence-electron chi connectivity index (χ2n) is 4.59. The average molecular weight is 251 g/mol. The molecule has 0 amide bonds. The molecule has 19 heavy (non-hydrogen) atoms. The van der Waals surface area contributed by atoms with E-state index < -0.39 is 0 Å². The molecule has 3 aromatic rings. The molecule has 0 saturated heterocycles. The monoisotopic (exact) mass is 251 g/mol. The summed E-state index contributed by atoms with van der Waals surface area (Å²) in [5, 5.41) is 10.8. The van der Waals surface area contributed by atoms with Crippen LogP contribution in [-0.2, 0) is 0 Å². The number of aromatic hydroxyl groups is 1. The first-order chi connectivity index (χ1) is 9.13. The van der Waals surface area contributed by atoms with Crippen molar-refractivity contribution < 1.29 is 5.11 Å². The van der Waals surface area contributed by atoms with Gasteiger partial charge in [0.25, 0.3) is 0 Å². The van der Waals surface area contributed by atoms with Gasteiger partial charge in [0.05, 0.1) is 23.1 Å². The number of nitrogens with zero attached hydrogens (tertiary/aromatic N) is 3. The number of fused-ring (bicyclic) bond motifs is 1. The Bertz CT molecular complexity index is 768. The SMILES string of the molecule is Cc1ccc2c(O)cc(-c3cncc(C)n3)nc2c1. The van der Waals surface area contributed by atoms with E-state index in [-0.39, 0.29) is 5.75 Å². The molecule has 0 radical (unpaired) electrons. The molecule has 1 N–H and O–H groups in total. The summed E-state index contributed by atoms with van der Waals surface area (Å²) in [5.41, 5.74) is 3.99. The number of hydrogen-bond donors (Lipinski definition) is 1. The summed E-state index contributed by atoms with van der Waals surface area (Å²) in [5.74, 6) is 0.211. The fraction of sp³-hybridized carbons (Fsp3) is 0.133. The minimum absolute atomic E-state index is 0.211. The van der Waals surface area contributed by atoms with Crippen LogP contribution in [0.2, 0.25) is 0 Å². The van der Waals surface area contributed by atoms with Gasteiger partial charge in [-0.3, -0.25) is 4.98 Å². The Morgan fingerprint density at radius 3 is 2.58 bits per heavy atom. The largest absolute Gasteiger partial charge is 0.507 e. The van der Waals surface area contributed by atoms with Crippen LogP contribution in [0.3, 0.4) is 0 Å². The molecule has 94 valence electrons. The molecule has 0 unspecified atom stereocenters. The molecule has 3 rings (SSSR count). The summed E-state index contributed by atoms with van der Waals surface area (Å²) in [4.78, 5) is 13.0. The summed E-state index contributed by atoms with van der Waals surface area (Å²) in [6.07, 6.45) is 3.34. The van der Waals surface area contributed by atoms with Gasteiger partial charge in [-0.2, -0.15) is 0 Å². The van der Waals surface area contributed by atoms with Crippen molar-refractivity contribution >= 4 is 10.9 Å². The summed E-state index contributed by atoms with van der Waals surface area (Å²) in [6, 6.07) is 7.40. The topological polar surface area (TPSA) is 58.9 Å². The summed E-state index contributed by atoms with van der Waals surface area (Å²) in [7, 11) is 0. The minimum atomic E-state index is 0.211. The Balaban J connectivity index is 2.25. The molecule has 0 spiro atoms. The number of aryl methyl sites for hydroxylation is 2. The molecular weight excluding hydrogens is 238 g/mol. The smallest absolute Gasteiger partial charge is 0.127 e. The van der Waals surface area contributed by atoms with Gasteiger partial charge in [0.2, 0.25) is 0 Å². The lowest BCUT2D eigenvalue weighted by atomic mass is 10.1. The van der Waals surface area contributed by atoms with Crippen molar-refractivity contribution in [2.45, 2.75) is 13.8 Å². The normalized spacial score (nSPS) is 10.8. The van der Waals surface area contributed by atoms with Crippen molar-refractivity contribution in [2.24, 2.45) is 0 Å². The summed E-state index contributed by atoms with van der Waals surface area (Å²) in [6.45, 7) is 3.87. The standard InChI is InChI=1S/C15H13N3O/c1-9-3-4-11-12(5-9)18-13(6-15(11)19)14-8-16-7-10(2)17-14/h3-8H,1-2H3,(H,18,19). The van der Waals surface area contributed by atoms with Gasteiger partial charge in [-0.1, -0.05) is 6.07 Å². The van der Waals surface area contributed by atoms with E-state index in [4.69, 9.17) is 0 Å². The highest BCUT2D eigenvalue weighted by Gasteiger charge is 2.08. The highest BCUT2D eigenvalue weighted by atomic mass is 16.3. The van der Waals surface area contributed by atoms with Crippen LogP contribution in [0.25, 0.3) is 22.3 Å². The van der Waals surface area contributed by atoms with Gasteiger partial charge in [-0.25, -0.2) is 9.97 Å². The Hall–Kier alpha value is -2.49. The first kappa shape index (κ1) is 11.6. The van der Waals surface area contributed by atoms with Crippen LogP contribution in [-0.4, -0.2) is 20.1 Å². The van der Waals surface area contributed by atoms with Crippen LogP contribution in [0.4, 0.5) is 0 Å². The molecule has 1 aromatic carbocycles. The van der Waals surface area contributed by atoms with Crippen LogP contribution in [0, 0.1) is 13.8 Å². The van der Waals surface area contributed by atoms with Gasteiger partial charge in [0.15, 0.2) is 0 Å². The van der Waals surface area contributed by atoms with Gasteiger partial charge in [0, 0.05) is 17.6 Å². The molecule has 0 fully saturated rings.